The van der Waals surface area contributed by atoms with E-state index in [1.807, 2.05) is 49.4 Å². The van der Waals surface area contributed by atoms with Crippen molar-refractivity contribution in [1.82, 2.24) is 10.3 Å². The fraction of sp³-hybridized carbons (Fsp3) is 0.250. The highest BCUT2D eigenvalue weighted by Crippen LogP contribution is 2.03. The van der Waals surface area contributed by atoms with Gasteiger partial charge in [-0.05, 0) is 44.0 Å². The smallest absolute Gasteiger partial charge is 0.251 e. The van der Waals surface area contributed by atoms with Gasteiger partial charge in [0.1, 0.15) is 0 Å². The fourth-order valence-electron chi connectivity index (χ4n) is 1.82. The van der Waals surface area contributed by atoms with Crippen molar-refractivity contribution in [3.63, 3.8) is 0 Å². The van der Waals surface area contributed by atoms with Crippen LogP contribution < -0.4 is 5.32 Å². The zero-order valence-electron chi connectivity index (χ0n) is 11.1. The van der Waals surface area contributed by atoms with Crippen LogP contribution in [0.25, 0.3) is 0 Å². The van der Waals surface area contributed by atoms with Gasteiger partial charge in [0, 0.05) is 24.0 Å². The molecule has 0 fully saturated rings. The van der Waals surface area contributed by atoms with Crippen molar-refractivity contribution in [2.45, 2.75) is 19.8 Å². The highest BCUT2D eigenvalue weighted by Gasteiger charge is 2.03. The summed E-state index contributed by atoms with van der Waals surface area (Å²) in [7, 11) is 0. The highest BCUT2D eigenvalue weighted by molar-refractivity contribution is 5.94. The molecule has 0 saturated heterocycles. The first-order valence-electron chi connectivity index (χ1n) is 6.50. The Hall–Kier alpha value is -2.16. The summed E-state index contributed by atoms with van der Waals surface area (Å²) >= 11 is 0. The van der Waals surface area contributed by atoms with Crippen LogP contribution in [0.4, 0.5) is 0 Å². The average Bonchev–Trinajstić information content (AvgIpc) is 2.45. The molecule has 0 aliphatic carbocycles. The number of carbonyl (C=O) groups excluding carboxylic acids is 1. The molecule has 0 bridgehead atoms. The Kier molecular flexibility index (Phi) is 4.67. The number of pyridine rings is 1. The van der Waals surface area contributed by atoms with Crippen molar-refractivity contribution in [3.05, 3.63) is 65.5 Å². The molecule has 0 atom stereocenters. The monoisotopic (exact) mass is 254 g/mol. The minimum atomic E-state index is -0.0129. The topological polar surface area (TPSA) is 42.0 Å². The van der Waals surface area contributed by atoms with E-state index in [1.54, 1.807) is 6.20 Å². The molecule has 1 heterocycles. The molecule has 3 nitrogen and oxygen atoms in total. The van der Waals surface area contributed by atoms with Crippen LogP contribution in [0.2, 0.25) is 0 Å². The summed E-state index contributed by atoms with van der Waals surface area (Å²) in [4.78, 5) is 16.1. The van der Waals surface area contributed by atoms with Gasteiger partial charge in [-0.2, -0.15) is 0 Å². The molecule has 19 heavy (non-hydrogen) atoms. The average molecular weight is 254 g/mol. The molecule has 2 aromatic rings. The highest BCUT2D eigenvalue weighted by atomic mass is 16.1. The summed E-state index contributed by atoms with van der Waals surface area (Å²) < 4.78 is 0. The molecule has 1 amide bonds. The molecule has 1 N–H and O–H groups in total. The van der Waals surface area contributed by atoms with Crippen molar-refractivity contribution in [1.29, 1.82) is 0 Å². The lowest BCUT2D eigenvalue weighted by Gasteiger charge is -2.05. The van der Waals surface area contributed by atoms with Gasteiger partial charge in [0.05, 0.1) is 0 Å². The molecule has 0 unspecified atom stereocenters. The summed E-state index contributed by atoms with van der Waals surface area (Å²) in [5.41, 5.74) is 2.93. The molecular formula is C16H18N2O. The number of nitrogens with one attached hydrogen (secondary N) is 1. The molecule has 0 radical (unpaired) electrons. The standard InChI is InChI=1S/C16H18N2O/c1-13-7-9-14(10-8-13)16(19)18-12-4-6-15-5-2-3-11-17-15/h2-3,5,7-11H,4,6,12H2,1H3,(H,18,19). The van der Waals surface area contributed by atoms with E-state index in [1.165, 1.54) is 0 Å². The first-order chi connectivity index (χ1) is 9.25. The van der Waals surface area contributed by atoms with Gasteiger partial charge < -0.3 is 5.32 Å². The molecule has 0 aliphatic rings. The van der Waals surface area contributed by atoms with E-state index in [-0.39, 0.29) is 5.91 Å². The number of carbonyl (C=O) groups is 1. The maximum absolute atomic E-state index is 11.8. The molecule has 98 valence electrons. The van der Waals surface area contributed by atoms with Crippen LogP contribution in [0.5, 0.6) is 0 Å². The predicted octanol–water partition coefficient (Wildman–Crippen LogP) is 2.75. The summed E-state index contributed by atoms with van der Waals surface area (Å²) in [6, 6.07) is 13.5. The SMILES string of the molecule is Cc1ccc(C(=O)NCCCc2ccccn2)cc1. The van der Waals surface area contributed by atoms with Crippen LogP contribution in [-0.4, -0.2) is 17.4 Å². The van der Waals surface area contributed by atoms with Crippen LogP contribution in [-0.2, 0) is 6.42 Å². The lowest BCUT2D eigenvalue weighted by atomic mass is 10.1. The van der Waals surface area contributed by atoms with Crippen LogP contribution in [0.15, 0.2) is 48.7 Å². The lowest BCUT2D eigenvalue weighted by molar-refractivity contribution is 0.0953. The van der Waals surface area contributed by atoms with Crippen LogP contribution in [0.3, 0.4) is 0 Å². The van der Waals surface area contributed by atoms with Crippen LogP contribution in [0.1, 0.15) is 28.0 Å². The van der Waals surface area contributed by atoms with E-state index in [4.69, 9.17) is 0 Å². The molecule has 1 aromatic heterocycles. The van der Waals surface area contributed by atoms with Crippen LogP contribution >= 0.6 is 0 Å². The predicted molar refractivity (Wildman–Crippen MR) is 76.1 cm³/mol. The normalized spacial score (nSPS) is 10.2. The molecule has 3 heteroatoms. The molecule has 2 rings (SSSR count). The second-order valence-corrected chi connectivity index (χ2v) is 4.55. The Labute approximate surface area is 113 Å². The lowest BCUT2D eigenvalue weighted by Crippen LogP contribution is -2.24. The molecule has 0 spiro atoms. The summed E-state index contributed by atoms with van der Waals surface area (Å²) in [5, 5.41) is 2.92. The second kappa shape index (κ2) is 6.69. The summed E-state index contributed by atoms with van der Waals surface area (Å²) in [6.07, 6.45) is 3.57. The number of aromatic nitrogens is 1. The molecule has 0 saturated carbocycles. The van der Waals surface area contributed by atoms with E-state index in [0.29, 0.717) is 12.1 Å². The van der Waals surface area contributed by atoms with Crippen LogP contribution in [0, 0.1) is 6.92 Å². The van der Waals surface area contributed by atoms with E-state index in [9.17, 15) is 4.79 Å². The number of hydrogen-bond acceptors (Lipinski definition) is 2. The van der Waals surface area contributed by atoms with E-state index < -0.39 is 0 Å². The number of benzene rings is 1. The Morgan fingerprint density at radius 1 is 1.16 bits per heavy atom. The third-order valence-corrected chi connectivity index (χ3v) is 2.94. The minimum absolute atomic E-state index is 0.0129. The summed E-state index contributed by atoms with van der Waals surface area (Å²) in [5.74, 6) is -0.0129. The third-order valence-electron chi connectivity index (χ3n) is 2.94. The number of hydrogen-bond donors (Lipinski definition) is 1. The van der Waals surface area contributed by atoms with Gasteiger partial charge in [-0.15, -0.1) is 0 Å². The van der Waals surface area contributed by atoms with Gasteiger partial charge in [-0.25, -0.2) is 0 Å². The Bertz CT molecular complexity index is 520. The van der Waals surface area contributed by atoms with Gasteiger partial charge in [-0.3, -0.25) is 9.78 Å². The molecule has 1 aromatic carbocycles. The van der Waals surface area contributed by atoms with Gasteiger partial charge in [-0.1, -0.05) is 23.8 Å². The number of aryl methyl sites for hydroxylation is 2. The third kappa shape index (κ3) is 4.21. The first kappa shape index (κ1) is 13.3. The van der Waals surface area contributed by atoms with Crippen molar-refractivity contribution in [2.75, 3.05) is 6.54 Å². The molecular weight excluding hydrogens is 236 g/mol. The zero-order valence-corrected chi connectivity index (χ0v) is 11.1. The van der Waals surface area contributed by atoms with Crippen molar-refractivity contribution in [2.24, 2.45) is 0 Å². The van der Waals surface area contributed by atoms with Gasteiger partial charge in [0.15, 0.2) is 0 Å². The van der Waals surface area contributed by atoms with Crippen molar-refractivity contribution < 1.29 is 4.79 Å². The van der Waals surface area contributed by atoms with Gasteiger partial charge >= 0.3 is 0 Å². The number of rotatable bonds is 5. The van der Waals surface area contributed by atoms with E-state index in [0.717, 1.165) is 24.1 Å². The Morgan fingerprint density at radius 3 is 2.63 bits per heavy atom. The Balaban J connectivity index is 1.74. The van der Waals surface area contributed by atoms with Crippen molar-refractivity contribution >= 4 is 5.91 Å². The number of amides is 1. The zero-order chi connectivity index (χ0) is 13.5. The van der Waals surface area contributed by atoms with Gasteiger partial charge in [0.25, 0.3) is 5.91 Å². The maximum atomic E-state index is 11.8. The fourth-order valence-corrected chi connectivity index (χ4v) is 1.82. The minimum Gasteiger partial charge on any atom is -0.352 e. The second-order valence-electron chi connectivity index (χ2n) is 4.55. The number of nitrogens with zero attached hydrogens (tertiary/aromatic N) is 1. The van der Waals surface area contributed by atoms with Crippen molar-refractivity contribution in [3.8, 4) is 0 Å². The van der Waals surface area contributed by atoms with E-state index in [2.05, 4.69) is 10.3 Å². The van der Waals surface area contributed by atoms with Gasteiger partial charge in [0.2, 0.25) is 0 Å². The maximum Gasteiger partial charge on any atom is 0.251 e. The molecule has 0 aliphatic heterocycles. The summed E-state index contributed by atoms with van der Waals surface area (Å²) in [6.45, 7) is 2.68. The first-order valence-corrected chi connectivity index (χ1v) is 6.50. The Morgan fingerprint density at radius 2 is 1.95 bits per heavy atom. The largest absolute Gasteiger partial charge is 0.352 e. The quantitative estimate of drug-likeness (QED) is 0.834. The van der Waals surface area contributed by atoms with E-state index >= 15 is 0 Å².